The van der Waals surface area contributed by atoms with Crippen LogP contribution in [0.3, 0.4) is 0 Å². The minimum Gasteiger partial charge on any atom is -0.484 e. The highest BCUT2D eigenvalue weighted by Crippen LogP contribution is 2.13. The van der Waals surface area contributed by atoms with Crippen molar-refractivity contribution in [1.82, 2.24) is 20.0 Å². The number of para-hydroxylation sites is 1. The van der Waals surface area contributed by atoms with Crippen molar-refractivity contribution in [3.05, 3.63) is 30.3 Å². The number of ether oxygens (including phenoxy) is 1. The Morgan fingerprint density at radius 1 is 1.08 bits per heavy atom. The first-order valence-electron chi connectivity index (χ1n) is 9.29. The third kappa shape index (κ3) is 5.11. The predicted octanol–water partition coefficient (Wildman–Crippen LogP) is 0.871. The number of hydrogen-bond acceptors (Lipinski definition) is 4. The Kier molecular flexibility index (Phi) is 6.33. The molecule has 2 aliphatic rings. The van der Waals surface area contributed by atoms with Crippen molar-refractivity contribution >= 4 is 11.9 Å². The normalized spacial score (nSPS) is 20.9. The van der Waals surface area contributed by atoms with Crippen LogP contribution in [0.15, 0.2) is 30.3 Å². The van der Waals surface area contributed by atoms with Crippen molar-refractivity contribution in [2.45, 2.75) is 6.42 Å². The van der Waals surface area contributed by atoms with Crippen molar-refractivity contribution in [3.8, 4) is 5.75 Å². The van der Waals surface area contributed by atoms with Gasteiger partial charge in [-0.05, 0) is 38.1 Å². The van der Waals surface area contributed by atoms with Crippen molar-refractivity contribution < 1.29 is 14.3 Å². The van der Waals surface area contributed by atoms with Gasteiger partial charge in [-0.3, -0.25) is 4.79 Å². The van der Waals surface area contributed by atoms with E-state index >= 15 is 0 Å². The number of benzene rings is 1. The number of carbonyl (C=O) groups excluding carboxylic acids is 2. The number of carbonyl (C=O) groups is 2. The maximum atomic E-state index is 12.3. The van der Waals surface area contributed by atoms with Gasteiger partial charge in [0.1, 0.15) is 5.75 Å². The first-order valence-corrected chi connectivity index (χ1v) is 9.29. The summed E-state index contributed by atoms with van der Waals surface area (Å²) in [4.78, 5) is 30.4. The zero-order chi connectivity index (χ0) is 18.4. The number of nitrogens with zero attached hydrogens (tertiary/aromatic N) is 3. The Hall–Kier alpha value is -2.28. The highest BCUT2D eigenvalue weighted by atomic mass is 16.5. The predicted molar refractivity (Wildman–Crippen MR) is 99.1 cm³/mol. The maximum Gasteiger partial charge on any atom is 0.317 e. The number of rotatable bonds is 5. The summed E-state index contributed by atoms with van der Waals surface area (Å²) in [6.45, 7) is 5.14. The lowest BCUT2D eigenvalue weighted by atomic mass is 10.1. The molecule has 0 radical (unpaired) electrons. The molecule has 0 aliphatic carbocycles. The third-order valence-corrected chi connectivity index (χ3v) is 5.06. The van der Waals surface area contributed by atoms with Gasteiger partial charge in [0, 0.05) is 39.3 Å². The molecule has 3 amide bonds. The molecule has 0 bridgehead atoms. The maximum absolute atomic E-state index is 12.3. The van der Waals surface area contributed by atoms with Crippen molar-refractivity contribution in [3.63, 3.8) is 0 Å². The van der Waals surface area contributed by atoms with E-state index in [0.29, 0.717) is 37.8 Å². The van der Waals surface area contributed by atoms with E-state index in [-0.39, 0.29) is 18.5 Å². The van der Waals surface area contributed by atoms with Crippen LogP contribution >= 0.6 is 0 Å². The fraction of sp³-hybridized carbons (Fsp3) is 0.579. The van der Waals surface area contributed by atoms with Gasteiger partial charge in [-0.2, -0.15) is 0 Å². The smallest absolute Gasteiger partial charge is 0.317 e. The molecule has 1 N–H and O–H groups in total. The first-order chi connectivity index (χ1) is 12.6. The summed E-state index contributed by atoms with van der Waals surface area (Å²) < 4.78 is 5.51. The van der Waals surface area contributed by atoms with E-state index in [1.165, 1.54) is 0 Å². The van der Waals surface area contributed by atoms with Gasteiger partial charge in [-0.1, -0.05) is 18.2 Å². The van der Waals surface area contributed by atoms with Gasteiger partial charge in [0.15, 0.2) is 6.61 Å². The van der Waals surface area contributed by atoms with Gasteiger partial charge in [0.05, 0.1) is 0 Å². The second kappa shape index (κ2) is 8.89. The van der Waals surface area contributed by atoms with Crippen LogP contribution < -0.4 is 10.1 Å². The Labute approximate surface area is 154 Å². The molecule has 26 heavy (non-hydrogen) atoms. The van der Waals surface area contributed by atoms with Crippen LogP contribution in [0.5, 0.6) is 5.75 Å². The molecule has 142 valence electrons. The number of amides is 3. The average Bonchev–Trinajstić information content (AvgIpc) is 3.10. The van der Waals surface area contributed by atoms with E-state index in [0.717, 1.165) is 26.1 Å². The summed E-state index contributed by atoms with van der Waals surface area (Å²) in [6.07, 6.45) is 1.14. The molecular formula is C19H28N4O3. The fourth-order valence-corrected chi connectivity index (χ4v) is 3.45. The van der Waals surface area contributed by atoms with Crippen LogP contribution in [0.2, 0.25) is 0 Å². The molecule has 2 aliphatic heterocycles. The zero-order valence-corrected chi connectivity index (χ0v) is 15.4. The Morgan fingerprint density at radius 2 is 1.77 bits per heavy atom. The monoisotopic (exact) mass is 360 g/mol. The Balaban J connectivity index is 1.35. The van der Waals surface area contributed by atoms with E-state index in [2.05, 4.69) is 17.3 Å². The van der Waals surface area contributed by atoms with E-state index in [4.69, 9.17) is 4.74 Å². The summed E-state index contributed by atoms with van der Waals surface area (Å²) >= 11 is 0. The molecule has 0 aromatic heterocycles. The van der Waals surface area contributed by atoms with Crippen LogP contribution in [0.4, 0.5) is 4.79 Å². The van der Waals surface area contributed by atoms with Crippen LogP contribution in [-0.2, 0) is 4.79 Å². The topological polar surface area (TPSA) is 65.1 Å². The number of hydrogen-bond donors (Lipinski definition) is 1. The highest BCUT2D eigenvalue weighted by Gasteiger charge is 2.25. The molecule has 2 fully saturated rings. The molecule has 2 saturated heterocycles. The van der Waals surface area contributed by atoms with Gasteiger partial charge in [-0.15, -0.1) is 0 Å². The molecule has 0 spiro atoms. The van der Waals surface area contributed by atoms with Gasteiger partial charge in [0.25, 0.3) is 5.91 Å². The lowest BCUT2D eigenvalue weighted by Crippen LogP contribution is -2.54. The minimum atomic E-state index is -0.0390. The van der Waals surface area contributed by atoms with Crippen molar-refractivity contribution in [2.75, 3.05) is 59.5 Å². The van der Waals surface area contributed by atoms with Crippen molar-refractivity contribution in [2.24, 2.45) is 5.92 Å². The summed E-state index contributed by atoms with van der Waals surface area (Å²) in [5, 5.41) is 3.04. The van der Waals surface area contributed by atoms with Gasteiger partial charge >= 0.3 is 6.03 Å². The van der Waals surface area contributed by atoms with Crippen LogP contribution in [0.1, 0.15) is 6.42 Å². The molecule has 1 aromatic rings. The van der Waals surface area contributed by atoms with Crippen LogP contribution in [0.25, 0.3) is 0 Å². The van der Waals surface area contributed by atoms with E-state index in [1.54, 1.807) is 9.80 Å². The molecule has 1 atom stereocenters. The quantitative estimate of drug-likeness (QED) is 0.846. The molecule has 1 unspecified atom stereocenters. The van der Waals surface area contributed by atoms with E-state index in [1.807, 2.05) is 30.3 Å². The molecule has 3 rings (SSSR count). The zero-order valence-electron chi connectivity index (χ0n) is 15.4. The van der Waals surface area contributed by atoms with Crippen LogP contribution in [0, 0.1) is 5.92 Å². The third-order valence-electron chi connectivity index (χ3n) is 5.06. The minimum absolute atomic E-state index is 0.0211. The molecule has 7 nitrogen and oxygen atoms in total. The molecule has 0 saturated carbocycles. The second-order valence-corrected chi connectivity index (χ2v) is 7.07. The summed E-state index contributed by atoms with van der Waals surface area (Å²) in [5.74, 6) is 1.20. The van der Waals surface area contributed by atoms with E-state index in [9.17, 15) is 9.59 Å². The Bertz CT molecular complexity index is 602. The summed E-state index contributed by atoms with van der Waals surface area (Å²) in [7, 11) is 2.11. The van der Waals surface area contributed by atoms with Gasteiger partial charge in [0.2, 0.25) is 0 Å². The SMILES string of the molecule is CN1CCC(CNC(=O)N2CCN(C(=O)COc3ccccc3)CC2)C1. The second-order valence-electron chi connectivity index (χ2n) is 7.07. The molecular weight excluding hydrogens is 332 g/mol. The Morgan fingerprint density at radius 3 is 2.42 bits per heavy atom. The number of likely N-dealkylation sites (tertiary alicyclic amines) is 1. The summed E-state index contributed by atoms with van der Waals surface area (Å²) in [5.41, 5.74) is 0. The standard InChI is InChI=1S/C19H28N4O3/c1-21-8-7-16(14-21)13-20-19(25)23-11-9-22(10-12-23)18(24)15-26-17-5-3-2-4-6-17/h2-6,16H,7-15H2,1H3,(H,20,25). The van der Waals surface area contributed by atoms with Crippen molar-refractivity contribution in [1.29, 1.82) is 0 Å². The number of urea groups is 1. The number of nitrogens with one attached hydrogen (secondary N) is 1. The van der Waals surface area contributed by atoms with Crippen LogP contribution in [-0.4, -0.2) is 86.1 Å². The number of piperazine rings is 1. The largest absolute Gasteiger partial charge is 0.484 e. The lowest BCUT2D eigenvalue weighted by Gasteiger charge is -2.34. The fourth-order valence-electron chi connectivity index (χ4n) is 3.45. The van der Waals surface area contributed by atoms with E-state index < -0.39 is 0 Å². The summed E-state index contributed by atoms with van der Waals surface area (Å²) in [6, 6.07) is 9.30. The van der Waals surface area contributed by atoms with Gasteiger partial charge < -0.3 is 24.8 Å². The molecule has 1 aromatic carbocycles. The van der Waals surface area contributed by atoms with Gasteiger partial charge in [-0.25, -0.2) is 4.79 Å². The highest BCUT2D eigenvalue weighted by molar-refractivity contribution is 5.79. The lowest BCUT2D eigenvalue weighted by molar-refractivity contribution is -0.134. The first kappa shape index (κ1) is 18.5. The molecule has 2 heterocycles. The molecule has 7 heteroatoms. The average molecular weight is 360 g/mol.